The van der Waals surface area contributed by atoms with Crippen LogP contribution in [0.1, 0.15) is 26.7 Å². The molecule has 1 fully saturated rings. The van der Waals surface area contributed by atoms with Crippen LogP contribution in [0.3, 0.4) is 0 Å². The zero-order valence-corrected chi connectivity index (χ0v) is 9.53. The van der Waals surface area contributed by atoms with Gasteiger partial charge in [0.15, 0.2) is 11.6 Å². The van der Waals surface area contributed by atoms with Crippen molar-refractivity contribution in [2.24, 2.45) is 11.3 Å². The molecule has 0 unspecified atom stereocenters. The zero-order chi connectivity index (χ0) is 10.9. The Morgan fingerprint density at radius 3 is 2.14 bits per heavy atom. The van der Waals surface area contributed by atoms with E-state index in [1.807, 2.05) is 13.8 Å². The third-order valence-corrected chi connectivity index (χ3v) is 2.90. The summed E-state index contributed by atoms with van der Waals surface area (Å²) in [5.41, 5.74) is -0.200. The van der Waals surface area contributed by atoms with Crippen molar-refractivity contribution in [3.8, 4) is 0 Å². The van der Waals surface area contributed by atoms with Crippen LogP contribution in [0.25, 0.3) is 0 Å². The molecule has 4 heteroatoms. The van der Waals surface area contributed by atoms with Crippen LogP contribution in [0.5, 0.6) is 0 Å². The van der Waals surface area contributed by atoms with E-state index in [1.165, 1.54) is 0 Å². The summed E-state index contributed by atoms with van der Waals surface area (Å²) in [6.45, 7) is 3.86. The number of Topliss-reactive ketones (excluding diaryl/α,β-unsaturated/α-hetero) is 2. The van der Waals surface area contributed by atoms with E-state index in [2.05, 4.69) is 5.32 Å². The fraction of sp³-hybridized carbons (Fsp3) is 0.700. The molecule has 0 atom stereocenters. The highest BCUT2D eigenvalue weighted by atomic mass is 32.1. The summed E-state index contributed by atoms with van der Waals surface area (Å²) in [4.78, 5) is 23.7. The average molecular weight is 213 g/mol. The molecule has 0 aromatic rings. The van der Waals surface area contributed by atoms with Gasteiger partial charge in [0.05, 0.1) is 4.99 Å². The van der Waals surface area contributed by atoms with Crippen molar-refractivity contribution in [2.45, 2.75) is 26.7 Å². The third-order valence-electron chi connectivity index (χ3n) is 2.46. The van der Waals surface area contributed by atoms with E-state index >= 15 is 0 Å². The minimum Gasteiger partial charge on any atom is -0.382 e. The van der Waals surface area contributed by atoms with Crippen molar-refractivity contribution in [1.29, 1.82) is 0 Å². The van der Waals surface area contributed by atoms with Gasteiger partial charge in [0.1, 0.15) is 5.92 Å². The average Bonchev–Trinajstić information content (AvgIpc) is 1.99. The minimum atomic E-state index is -0.692. The van der Waals surface area contributed by atoms with Crippen LogP contribution in [0.2, 0.25) is 0 Å². The van der Waals surface area contributed by atoms with Crippen molar-refractivity contribution >= 4 is 28.8 Å². The summed E-state index contributed by atoms with van der Waals surface area (Å²) in [5.74, 6) is -0.792. The minimum absolute atomic E-state index is 0.0504. The summed E-state index contributed by atoms with van der Waals surface area (Å²) in [7, 11) is 1.64. The van der Waals surface area contributed by atoms with Gasteiger partial charge in [-0.3, -0.25) is 9.59 Å². The first kappa shape index (κ1) is 11.3. The van der Waals surface area contributed by atoms with Gasteiger partial charge < -0.3 is 5.32 Å². The van der Waals surface area contributed by atoms with E-state index < -0.39 is 5.92 Å². The van der Waals surface area contributed by atoms with Crippen molar-refractivity contribution in [3.05, 3.63) is 0 Å². The monoisotopic (exact) mass is 213 g/mol. The predicted octanol–water partition coefficient (Wildman–Crippen LogP) is 1.11. The number of nitrogens with one attached hydrogen (secondary N) is 1. The van der Waals surface area contributed by atoms with Crippen LogP contribution in [-0.4, -0.2) is 23.6 Å². The number of hydrogen-bond donors (Lipinski definition) is 1. The quantitative estimate of drug-likeness (QED) is 0.523. The van der Waals surface area contributed by atoms with Gasteiger partial charge in [-0.25, -0.2) is 0 Å². The van der Waals surface area contributed by atoms with Crippen LogP contribution in [-0.2, 0) is 9.59 Å². The predicted molar refractivity (Wildman–Crippen MR) is 58.2 cm³/mol. The number of carbonyl (C=O) groups is 2. The van der Waals surface area contributed by atoms with Gasteiger partial charge in [0.25, 0.3) is 0 Å². The lowest BCUT2D eigenvalue weighted by molar-refractivity contribution is -0.136. The molecule has 0 saturated heterocycles. The van der Waals surface area contributed by atoms with Crippen molar-refractivity contribution in [2.75, 3.05) is 7.05 Å². The van der Waals surface area contributed by atoms with Gasteiger partial charge in [-0.05, 0) is 5.41 Å². The largest absolute Gasteiger partial charge is 0.382 e. The molecule has 0 aromatic carbocycles. The molecule has 0 aliphatic heterocycles. The van der Waals surface area contributed by atoms with Gasteiger partial charge in [0, 0.05) is 19.9 Å². The van der Waals surface area contributed by atoms with Crippen LogP contribution in [0, 0.1) is 11.3 Å². The molecule has 1 saturated carbocycles. The molecule has 0 radical (unpaired) electrons. The first-order valence-corrected chi connectivity index (χ1v) is 5.05. The summed E-state index contributed by atoms with van der Waals surface area (Å²) < 4.78 is 0. The van der Waals surface area contributed by atoms with Crippen LogP contribution < -0.4 is 5.32 Å². The van der Waals surface area contributed by atoms with Crippen molar-refractivity contribution < 1.29 is 9.59 Å². The normalized spacial score (nSPS) is 22.2. The Hall–Kier alpha value is -0.770. The molecular weight excluding hydrogens is 198 g/mol. The van der Waals surface area contributed by atoms with E-state index in [0.717, 1.165) is 0 Å². The highest BCUT2D eigenvalue weighted by molar-refractivity contribution is 7.80. The fourth-order valence-corrected chi connectivity index (χ4v) is 2.09. The summed E-state index contributed by atoms with van der Waals surface area (Å²) in [6.07, 6.45) is 0.871. The van der Waals surface area contributed by atoms with Gasteiger partial charge in [-0.15, -0.1) is 0 Å². The molecule has 3 nitrogen and oxygen atoms in total. The molecule has 0 amide bonds. The maximum atomic E-state index is 11.7. The van der Waals surface area contributed by atoms with Gasteiger partial charge in [-0.2, -0.15) is 0 Å². The molecule has 1 aliphatic rings. The highest BCUT2D eigenvalue weighted by Crippen LogP contribution is 2.34. The number of rotatable bonds is 1. The second-order valence-electron chi connectivity index (χ2n) is 4.50. The number of carbonyl (C=O) groups excluding carboxylic acids is 2. The smallest absolute Gasteiger partial charge is 0.150 e. The molecule has 0 aromatic heterocycles. The summed E-state index contributed by atoms with van der Waals surface area (Å²) >= 11 is 4.95. The number of hydrogen-bond acceptors (Lipinski definition) is 3. The first-order chi connectivity index (χ1) is 6.37. The van der Waals surface area contributed by atoms with E-state index in [4.69, 9.17) is 12.2 Å². The first-order valence-electron chi connectivity index (χ1n) is 4.64. The molecule has 1 rings (SSSR count). The van der Waals surface area contributed by atoms with Gasteiger partial charge in [0.2, 0.25) is 0 Å². The molecule has 0 heterocycles. The molecular formula is C10H15NO2S. The summed E-state index contributed by atoms with van der Waals surface area (Å²) in [6, 6.07) is 0. The van der Waals surface area contributed by atoms with E-state index in [0.29, 0.717) is 17.8 Å². The Balaban J connectivity index is 2.87. The molecule has 0 spiro atoms. The molecule has 1 N–H and O–H groups in total. The Morgan fingerprint density at radius 2 is 1.79 bits per heavy atom. The topological polar surface area (TPSA) is 46.2 Å². The fourth-order valence-electron chi connectivity index (χ4n) is 1.83. The lowest BCUT2D eigenvalue weighted by atomic mass is 9.71. The molecule has 14 heavy (non-hydrogen) atoms. The van der Waals surface area contributed by atoms with Crippen LogP contribution >= 0.6 is 12.2 Å². The molecule has 78 valence electrons. The zero-order valence-electron chi connectivity index (χ0n) is 8.72. The molecule has 1 aliphatic carbocycles. The Bertz CT molecular complexity index is 276. The maximum Gasteiger partial charge on any atom is 0.150 e. The van der Waals surface area contributed by atoms with Crippen molar-refractivity contribution in [3.63, 3.8) is 0 Å². The maximum absolute atomic E-state index is 11.7. The number of ketones is 2. The number of thiocarbonyl (C=S) groups is 1. The van der Waals surface area contributed by atoms with Crippen molar-refractivity contribution in [1.82, 2.24) is 5.32 Å². The Labute approximate surface area is 89.2 Å². The lowest BCUT2D eigenvalue weighted by Crippen LogP contribution is -2.44. The summed E-state index contributed by atoms with van der Waals surface area (Å²) in [5, 5.41) is 2.71. The van der Waals surface area contributed by atoms with Gasteiger partial charge in [-0.1, -0.05) is 26.1 Å². The standard InChI is InChI=1S/C10H15NO2S/c1-10(2)4-6(12)8(7(13)5-10)9(14)11-3/h8H,4-5H2,1-3H3,(H,11,14). The SMILES string of the molecule is CNC(=S)C1C(=O)CC(C)(C)CC1=O. The Morgan fingerprint density at radius 1 is 1.36 bits per heavy atom. The van der Waals surface area contributed by atoms with Gasteiger partial charge >= 0.3 is 0 Å². The van der Waals surface area contributed by atoms with Crippen LogP contribution in [0.4, 0.5) is 0 Å². The second-order valence-corrected chi connectivity index (χ2v) is 4.94. The third kappa shape index (κ3) is 2.18. The lowest BCUT2D eigenvalue weighted by Gasteiger charge is -2.31. The van der Waals surface area contributed by atoms with E-state index in [-0.39, 0.29) is 17.0 Å². The van der Waals surface area contributed by atoms with E-state index in [9.17, 15) is 9.59 Å². The highest BCUT2D eigenvalue weighted by Gasteiger charge is 2.41. The van der Waals surface area contributed by atoms with Crippen LogP contribution in [0.15, 0.2) is 0 Å². The second kappa shape index (κ2) is 3.77. The Kier molecular flexibility index (Phi) is 3.04. The van der Waals surface area contributed by atoms with E-state index in [1.54, 1.807) is 7.05 Å². The molecule has 0 bridgehead atoms.